The molecular formula is C15H16BrFN2O4S3. The van der Waals surface area contributed by atoms with Crippen LogP contribution in [0.15, 0.2) is 49.3 Å². The Kier molecular flexibility index (Phi) is 5.85. The Bertz CT molecular complexity index is 990. The molecule has 2 heterocycles. The first kappa shape index (κ1) is 19.9. The van der Waals surface area contributed by atoms with E-state index in [1.165, 1.54) is 26.8 Å². The first-order valence-corrected chi connectivity index (χ1v) is 12.2. The Labute approximate surface area is 164 Å². The average molecular weight is 483 g/mol. The summed E-state index contributed by atoms with van der Waals surface area (Å²) >= 11 is 4.37. The van der Waals surface area contributed by atoms with Crippen LogP contribution in [0.4, 0.5) is 4.39 Å². The van der Waals surface area contributed by atoms with E-state index in [9.17, 15) is 21.2 Å². The highest BCUT2D eigenvalue weighted by Crippen LogP contribution is 2.29. The van der Waals surface area contributed by atoms with E-state index in [1.807, 2.05) is 0 Å². The number of benzene rings is 1. The van der Waals surface area contributed by atoms with Crippen molar-refractivity contribution in [3.05, 3.63) is 46.0 Å². The van der Waals surface area contributed by atoms with Crippen molar-refractivity contribution in [2.45, 2.75) is 15.5 Å². The molecule has 1 aromatic carbocycles. The SMILES string of the molecule is O=S(=O)(c1ccc(F)cc1)N1CCCN(S(=O)(=O)c2ccc(Br)s2)CC1. The Balaban J connectivity index is 1.79. The number of thiophene rings is 1. The van der Waals surface area contributed by atoms with Gasteiger partial charge in [-0.15, -0.1) is 11.3 Å². The third-order valence-corrected chi connectivity index (χ3v) is 9.91. The van der Waals surface area contributed by atoms with E-state index in [4.69, 9.17) is 0 Å². The summed E-state index contributed by atoms with van der Waals surface area (Å²) < 4.78 is 67.4. The van der Waals surface area contributed by atoms with Crippen molar-refractivity contribution in [1.82, 2.24) is 8.61 Å². The Hall–Kier alpha value is -0.850. The Morgan fingerprint density at radius 3 is 1.96 bits per heavy atom. The van der Waals surface area contributed by atoms with Crippen LogP contribution in [0, 0.1) is 5.82 Å². The van der Waals surface area contributed by atoms with Crippen molar-refractivity contribution in [1.29, 1.82) is 0 Å². The summed E-state index contributed by atoms with van der Waals surface area (Å²) in [5.74, 6) is -0.515. The molecule has 1 aliphatic rings. The molecule has 1 saturated heterocycles. The van der Waals surface area contributed by atoms with Crippen LogP contribution in [0.1, 0.15) is 6.42 Å². The number of hydrogen-bond acceptors (Lipinski definition) is 5. The molecule has 0 unspecified atom stereocenters. The minimum absolute atomic E-state index is 0.00241. The molecule has 0 bridgehead atoms. The molecule has 0 N–H and O–H groups in total. The highest BCUT2D eigenvalue weighted by atomic mass is 79.9. The first-order chi connectivity index (χ1) is 12.2. The minimum atomic E-state index is -3.79. The van der Waals surface area contributed by atoms with Gasteiger partial charge in [0.05, 0.1) is 8.68 Å². The van der Waals surface area contributed by atoms with Gasteiger partial charge < -0.3 is 0 Å². The fraction of sp³-hybridized carbons (Fsp3) is 0.333. The van der Waals surface area contributed by atoms with Crippen LogP contribution in [0.2, 0.25) is 0 Å². The third-order valence-electron chi connectivity index (χ3n) is 4.01. The first-order valence-electron chi connectivity index (χ1n) is 7.72. The van der Waals surface area contributed by atoms with Gasteiger partial charge in [0.15, 0.2) is 0 Å². The zero-order chi connectivity index (χ0) is 18.9. The van der Waals surface area contributed by atoms with Crippen LogP contribution in [0.25, 0.3) is 0 Å². The van der Waals surface area contributed by atoms with E-state index in [0.717, 1.165) is 23.5 Å². The second kappa shape index (κ2) is 7.64. The molecule has 0 spiro atoms. The van der Waals surface area contributed by atoms with Gasteiger partial charge in [0, 0.05) is 26.2 Å². The van der Waals surface area contributed by atoms with E-state index in [2.05, 4.69) is 15.9 Å². The van der Waals surface area contributed by atoms with Crippen molar-refractivity contribution in [2.24, 2.45) is 0 Å². The zero-order valence-corrected chi connectivity index (χ0v) is 17.5. The van der Waals surface area contributed by atoms with E-state index < -0.39 is 25.9 Å². The summed E-state index contributed by atoms with van der Waals surface area (Å²) in [6, 6.07) is 7.81. The zero-order valence-electron chi connectivity index (χ0n) is 13.5. The molecule has 1 aliphatic heterocycles. The van der Waals surface area contributed by atoms with E-state index in [-0.39, 0.29) is 35.3 Å². The van der Waals surface area contributed by atoms with Gasteiger partial charge in [-0.05, 0) is 58.7 Å². The molecule has 1 fully saturated rings. The predicted molar refractivity (Wildman–Crippen MR) is 101 cm³/mol. The van der Waals surface area contributed by atoms with Crippen LogP contribution in [0.5, 0.6) is 0 Å². The number of rotatable bonds is 4. The summed E-state index contributed by atoms with van der Waals surface area (Å²) in [6.45, 7) is 0.566. The Morgan fingerprint density at radius 1 is 0.846 bits per heavy atom. The molecule has 0 amide bonds. The van der Waals surface area contributed by atoms with Gasteiger partial charge in [-0.3, -0.25) is 0 Å². The van der Waals surface area contributed by atoms with Gasteiger partial charge in [-0.25, -0.2) is 21.2 Å². The maximum absolute atomic E-state index is 13.0. The van der Waals surface area contributed by atoms with Gasteiger partial charge in [-0.2, -0.15) is 8.61 Å². The lowest BCUT2D eigenvalue weighted by Gasteiger charge is -2.21. The van der Waals surface area contributed by atoms with Crippen molar-refractivity contribution >= 4 is 47.3 Å². The van der Waals surface area contributed by atoms with Gasteiger partial charge in [0.25, 0.3) is 10.0 Å². The van der Waals surface area contributed by atoms with Gasteiger partial charge in [0.1, 0.15) is 10.0 Å². The summed E-state index contributed by atoms with van der Waals surface area (Å²) in [7, 11) is -7.44. The fourth-order valence-electron chi connectivity index (χ4n) is 2.67. The Morgan fingerprint density at radius 2 is 1.42 bits per heavy atom. The number of sulfonamides is 2. The summed E-state index contributed by atoms with van der Waals surface area (Å²) in [5, 5.41) is 0. The smallest absolute Gasteiger partial charge is 0.207 e. The quantitative estimate of drug-likeness (QED) is 0.671. The van der Waals surface area contributed by atoms with Crippen LogP contribution in [-0.2, 0) is 20.0 Å². The lowest BCUT2D eigenvalue weighted by Crippen LogP contribution is -2.37. The second-order valence-electron chi connectivity index (χ2n) is 5.67. The maximum atomic E-state index is 13.0. The fourth-order valence-corrected chi connectivity index (χ4v) is 7.77. The molecule has 11 heteroatoms. The molecule has 6 nitrogen and oxygen atoms in total. The normalized spacial score (nSPS) is 17.9. The van der Waals surface area contributed by atoms with Crippen molar-refractivity contribution in [3.8, 4) is 0 Å². The average Bonchev–Trinajstić information content (AvgIpc) is 2.88. The van der Waals surface area contributed by atoms with Gasteiger partial charge >= 0.3 is 0 Å². The standard InChI is InChI=1S/C15H16BrFN2O4S3/c16-14-6-7-15(24-14)26(22,23)19-9-1-8-18(10-11-19)25(20,21)13-4-2-12(17)3-5-13/h2-7H,1,8-11H2. The monoisotopic (exact) mass is 482 g/mol. The van der Waals surface area contributed by atoms with Crippen molar-refractivity contribution in [3.63, 3.8) is 0 Å². The molecule has 142 valence electrons. The maximum Gasteiger partial charge on any atom is 0.252 e. The summed E-state index contributed by atoms with van der Waals surface area (Å²) in [4.78, 5) is -0.00241. The summed E-state index contributed by atoms with van der Waals surface area (Å²) in [5.41, 5.74) is 0. The highest BCUT2D eigenvalue weighted by Gasteiger charge is 2.32. The number of halogens is 2. The number of nitrogens with zero attached hydrogens (tertiary/aromatic N) is 2. The molecule has 26 heavy (non-hydrogen) atoms. The molecule has 1 aromatic heterocycles. The van der Waals surface area contributed by atoms with Crippen LogP contribution >= 0.6 is 27.3 Å². The van der Waals surface area contributed by atoms with E-state index >= 15 is 0 Å². The molecule has 0 aliphatic carbocycles. The van der Waals surface area contributed by atoms with Gasteiger partial charge in [-0.1, -0.05) is 0 Å². The van der Waals surface area contributed by atoms with Crippen LogP contribution in [-0.4, -0.2) is 51.6 Å². The largest absolute Gasteiger partial charge is 0.252 e. The predicted octanol–water partition coefficient (Wildman–Crippen LogP) is 2.74. The van der Waals surface area contributed by atoms with E-state index in [1.54, 1.807) is 6.07 Å². The molecule has 0 saturated carbocycles. The topological polar surface area (TPSA) is 74.8 Å². The van der Waals surface area contributed by atoms with Crippen molar-refractivity contribution in [2.75, 3.05) is 26.2 Å². The van der Waals surface area contributed by atoms with Crippen LogP contribution < -0.4 is 0 Å². The molecule has 2 aromatic rings. The van der Waals surface area contributed by atoms with Gasteiger partial charge in [0.2, 0.25) is 10.0 Å². The molecular weight excluding hydrogens is 467 g/mol. The molecule has 0 atom stereocenters. The molecule has 0 radical (unpaired) electrons. The summed E-state index contributed by atoms with van der Waals surface area (Å²) in [6.07, 6.45) is 0.381. The lowest BCUT2D eigenvalue weighted by atomic mass is 10.4. The van der Waals surface area contributed by atoms with Crippen LogP contribution in [0.3, 0.4) is 0 Å². The lowest BCUT2D eigenvalue weighted by molar-refractivity contribution is 0.405. The van der Waals surface area contributed by atoms with E-state index in [0.29, 0.717) is 10.2 Å². The highest BCUT2D eigenvalue weighted by molar-refractivity contribution is 9.11. The third kappa shape index (κ3) is 4.02. The number of hydrogen-bond donors (Lipinski definition) is 0. The second-order valence-corrected chi connectivity index (χ2v) is 12.2. The molecule has 3 rings (SSSR count). The van der Waals surface area contributed by atoms with Crippen molar-refractivity contribution < 1.29 is 21.2 Å². The minimum Gasteiger partial charge on any atom is -0.207 e.